The lowest BCUT2D eigenvalue weighted by atomic mass is 9.99. The van der Waals surface area contributed by atoms with Gasteiger partial charge in [-0.15, -0.1) is 0 Å². The van der Waals surface area contributed by atoms with E-state index in [9.17, 15) is 18.8 Å². The van der Waals surface area contributed by atoms with Gasteiger partial charge in [-0.2, -0.15) is 0 Å². The Labute approximate surface area is 215 Å². The summed E-state index contributed by atoms with van der Waals surface area (Å²) < 4.78 is 26.5. The molecule has 0 aliphatic rings. The second-order valence-corrected chi connectivity index (χ2v) is 8.78. The summed E-state index contributed by atoms with van der Waals surface area (Å²) in [5.74, 6) is -1.05. The quantitative estimate of drug-likeness (QED) is 0.353. The smallest absolute Gasteiger partial charge is 0.267 e. The number of aryl methyl sites for hydroxylation is 1. The van der Waals surface area contributed by atoms with Crippen LogP contribution in [0.1, 0.15) is 33.5 Å². The zero-order chi connectivity index (χ0) is 26.7. The minimum absolute atomic E-state index is 0.0282. The molecule has 0 bridgehead atoms. The van der Waals surface area contributed by atoms with Crippen LogP contribution in [0.4, 0.5) is 4.39 Å². The number of aromatic nitrogens is 3. The van der Waals surface area contributed by atoms with Gasteiger partial charge in [0.15, 0.2) is 5.78 Å². The standard InChI is InChI=1S/C26H22ClFN4O5/c1-14-7-17(37-31-14)10-22(23(33)8-15-3-6-21(26(29)35)30-12-15)32-13-24(36-2)19(11-25(32)34)18-9-16(27)4-5-20(18)28/h3-7,9,11-13,22H,8,10H2,1-2H3,(H2,29,35). The molecule has 0 saturated carbocycles. The van der Waals surface area contributed by atoms with E-state index in [-0.39, 0.29) is 46.2 Å². The van der Waals surface area contributed by atoms with Crippen molar-refractivity contribution < 1.29 is 23.2 Å². The van der Waals surface area contributed by atoms with Crippen LogP contribution in [0.25, 0.3) is 11.1 Å². The number of benzene rings is 1. The first-order valence-electron chi connectivity index (χ1n) is 11.1. The normalized spacial score (nSPS) is 11.8. The monoisotopic (exact) mass is 524 g/mol. The predicted molar refractivity (Wildman–Crippen MR) is 133 cm³/mol. The van der Waals surface area contributed by atoms with Crippen LogP contribution in [0.3, 0.4) is 0 Å². The van der Waals surface area contributed by atoms with E-state index in [1.807, 2.05) is 0 Å². The van der Waals surface area contributed by atoms with Crippen LogP contribution >= 0.6 is 11.6 Å². The van der Waals surface area contributed by atoms with Crippen molar-refractivity contribution in [2.75, 3.05) is 7.11 Å². The number of nitrogens with two attached hydrogens (primary N) is 1. The number of pyridine rings is 2. The Bertz CT molecular complexity index is 1530. The molecule has 3 aromatic heterocycles. The molecular weight excluding hydrogens is 503 g/mol. The number of carbonyl (C=O) groups excluding carboxylic acids is 2. The number of hydrogen-bond acceptors (Lipinski definition) is 7. The minimum atomic E-state index is -1.01. The van der Waals surface area contributed by atoms with E-state index in [0.717, 1.165) is 0 Å². The number of ether oxygens (including phenoxy) is 1. The highest BCUT2D eigenvalue weighted by Gasteiger charge is 2.26. The molecule has 4 aromatic rings. The predicted octanol–water partition coefficient (Wildman–Crippen LogP) is 3.70. The molecule has 0 aliphatic heterocycles. The number of methoxy groups -OCH3 is 1. The molecular formula is C26H22ClFN4O5. The highest BCUT2D eigenvalue weighted by Crippen LogP contribution is 2.33. The fourth-order valence-corrected chi connectivity index (χ4v) is 4.09. The van der Waals surface area contributed by atoms with Gasteiger partial charge in [0.1, 0.15) is 29.1 Å². The third-order valence-electron chi connectivity index (χ3n) is 5.72. The molecule has 2 N–H and O–H groups in total. The summed E-state index contributed by atoms with van der Waals surface area (Å²) in [7, 11) is 1.37. The fraction of sp³-hybridized carbons (Fsp3) is 0.192. The molecule has 1 amide bonds. The molecule has 1 unspecified atom stereocenters. The summed E-state index contributed by atoms with van der Waals surface area (Å²) >= 11 is 6.04. The lowest BCUT2D eigenvalue weighted by molar-refractivity contribution is -0.121. The largest absolute Gasteiger partial charge is 0.495 e. The van der Waals surface area contributed by atoms with Crippen LogP contribution in [0.5, 0.6) is 5.75 Å². The van der Waals surface area contributed by atoms with Crippen molar-refractivity contribution in [3.63, 3.8) is 0 Å². The molecule has 37 heavy (non-hydrogen) atoms. The molecule has 0 spiro atoms. The Kier molecular flexibility index (Phi) is 7.49. The van der Waals surface area contributed by atoms with E-state index >= 15 is 0 Å². The second-order valence-electron chi connectivity index (χ2n) is 8.34. The van der Waals surface area contributed by atoms with Crippen molar-refractivity contribution in [3.8, 4) is 16.9 Å². The molecule has 1 aromatic carbocycles. The van der Waals surface area contributed by atoms with Crippen molar-refractivity contribution in [1.29, 1.82) is 0 Å². The maximum Gasteiger partial charge on any atom is 0.267 e. The third kappa shape index (κ3) is 5.75. The van der Waals surface area contributed by atoms with Gasteiger partial charge in [-0.1, -0.05) is 22.8 Å². The Balaban J connectivity index is 1.76. The van der Waals surface area contributed by atoms with Gasteiger partial charge in [-0.3, -0.25) is 19.4 Å². The van der Waals surface area contributed by atoms with Crippen LogP contribution in [-0.2, 0) is 17.6 Å². The molecule has 4 rings (SSSR count). The van der Waals surface area contributed by atoms with Gasteiger partial charge in [0.2, 0.25) is 0 Å². The van der Waals surface area contributed by atoms with E-state index in [2.05, 4.69) is 10.1 Å². The SMILES string of the molecule is COc1cn(C(Cc2cc(C)no2)C(=O)Cc2ccc(C(N)=O)nc2)c(=O)cc1-c1cc(Cl)ccc1F. The summed E-state index contributed by atoms with van der Waals surface area (Å²) in [6.07, 6.45) is 2.67. The zero-order valence-electron chi connectivity index (χ0n) is 19.9. The number of halogens is 2. The molecule has 11 heteroatoms. The maximum absolute atomic E-state index is 14.6. The Hall–Kier alpha value is -4.31. The van der Waals surface area contributed by atoms with Crippen LogP contribution < -0.4 is 16.0 Å². The van der Waals surface area contributed by atoms with Gasteiger partial charge < -0.3 is 19.6 Å². The van der Waals surface area contributed by atoms with E-state index < -0.39 is 23.3 Å². The molecule has 3 heterocycles. The summed E-state index contributed by atoms with van der Waals surface area (Å²) in [5.41, 5.74) is 6.14. The first-order valence-corrected chi connectivity index (χ1v) is 11.5. The molecule has 9 nitrogen and oxygen atoms in total. The Morgan fingerprint density at radius 2 is 1.97 bits per heavy atom. The van der Waals surface area contributed by atoms with Gasteiger partial charge in [0.25, 0.3) is 11.5 Å². The molecule has 190 valence electrons. The molecule has 0 saturated heterocycles. The number of Topliss-reactive ketones (excluding diaryl/α,β-unsaturated/α-hetero) is 1. The number of hydrogen-bond donors (Lipinski definition) is 1. The maximum atomic E-state index is 14.6. The second kappa shape index (κ2) is 10.8. The first kappa shape index (κ1) is 25.8. The van der Waals surface area contributed by atoms with Crippen molar-refractivity contribution in [1.82, 2.24) is 14.7 Å². The van der Waals surface area contributed by atoms with E-state index in [1.54, 1.807) is 19.1 Å². The molecule has 1 atom stereocenters. The number of amides is 1. The van der Waals surface area contributed by atoms with Gasteiger partial charge in [-0.05, 0) is 36.8 Å². The molecule has 0 aliphatic carbocycles. The highest BCUT2D eigenvalue weighted by atomic mass is 35.5. The van der Waals surface area contributed by atoms with E-state index in [1.165, 1.54) is 54.4 Å². The topological polar surface area (TPSA) is 130 Å². The van der Waals surface area contributed by atoms with Crippen molar-refractivity contribution in [2.45, 2.75) is 25.8 Å². The summed E-state index contributed by atoms with van der Waals surface area (Å²) in [6, 6.07) is 8.82. The lowest BCUT2D eigenvalue weighted by Gasteiger charge is -2.20. The fourth-order valence-electron chi connectivity index (χ4n) is 3.91. The molecule has 0 fully saturated rings. The average Bonchev–Trinajstić information content (AvgIpc) is 3.29. The third-order valence-corrected chi connectivity index (χ3v) is 5.95. The van der Waals surface area contributed by atoms with Crippen LogP contribution in [0.2, 0.25) is 5.02 Å². The lowest BCUT2D eigenvalue weighted by Crippen LogP contribution is -2.32. The number of carbonyl (C=O) groups is 2. The number of ketones is 1. The van der Waals surface area contributed by atoms with Gasteiger partial charge in [0, 0.05) is 47.3 Å². The van der Waals surface area contributed by atoms with Crippen molar-refractivity contribution >= 4 is 23.3 Å². The number of nitrogens with zero attached hydrogens (tertiary/aromatic N) is 3. The van der Waals surface area contributed by atoms with Crippen molar-refractivity contribution in [2.24, 2.45) is 5.73 Å². The van der Waals surface area contributed by atoms with Gasteiger partial charge >= 0.3 is 0 Å². The Morgan fingerprint density at radius 1 is 1.19 bits per heavy atom. The number of primary amides is 1. The van der Waals surface area contributed by atoms with Gasteiger partial charge in [0.05, 0.1) is 19.0 Å². The van der Waals surface area contributed by atoms with Crippen molar-refractivity contribution in [3.05, 3.63) is 98.8 Å². The van der Waals surface area contributed by atoms with Crippen LogP contribution in [-0.4, -0.2) is 33.5 Å². The van der Waals surface area contributed by atoms with E-state index in [4.69, 9.17) is 26.6 Å². The van der Waals surface area contributed by atoms with Gasteiger partial charge in [-0.25, -0.2) is 4.39 Å². The summed E-state index contributed by atoms with van der Waals surface area (Å²) in [4.78, 5) is 42.0. The zero-order valence-corrected chi connectivity index (χ0v) is 20.7. The summed E-state index contributed by atoms with van der Waals surface area (Å²) in [5, 5.41) is 4.14. The average molecular weight is 525 g/mol. The Morgan fingerprint density at radius 3 is 2.59 bits per heavy atom. The van der Waals surface area contributed by atoms with E-state index in [0.29, 0.717) is 17.0 Å². The summed E-state index contributed by atoms with van der Waals surface area (Å²) in [6.45, 7) is 1.74. The minimum Gasteiger partial charge on any atom is -0.495 e. The highest BCUT2D eigenvalue weighted by molar-refractivity contribution is 6.30. The van der Waals surface area contributed by atoms with Crippen LogP contribution in [0.15, 0.2) is 64.2 Å². The number of rotatable bonds is 9. The first-order chi connectivity index (χ1) is 17.7. The molecule has 0 radical (unpaired) electrons. The van der Waals surface area contributed by atoms with Crippen LogP contribution in [0, 0.1) is 12.7 Å².